The van der Waals surface area contributed by atoms with E-state index in [1.54, 1.807) is 0 Å². The molecular formula is C13H7Cl2NO4. The monoisotopic (exact) mass is 311 g/mol. The van der Waals surface area contributed by atoms with Crippen molar-refractivity contribution in [2.45, 2.75) is 0 Å². The van der Waals surface area contributed by atoms with Crippen molar-refractivity contribution < 1.29 is 14.5 Å². The molecule has 0 aromatic heterocycles. The number of benzene rings is 2. The van der Waals surface area contributed by atoms with Gasteiger partial charge in [0.05, 0.1) is 21.0 Å². The van der Waals surface area contributed by atoms with Crippen molar-refractivity contribution >= 4 is 35.2 Å². The third-order valence-corrected chi connectivity index (χ3v) is 3.05. The molecule has 0 aliphatic heterocycles. The summed E-state index contributed by atoms with van der Waals surface area (Å²) in [6, 6.07) is 8.26. The Morgan fingerprint density at radius 1 is 1.05 bits per heavy atom. The number of non-ortho nitro benzene ring substituents is 1. The molecule has 0 fully saturated rings. The zero-order valence-electron chi connectivity index (χ0n) is 9.88. The van der Waals surface area contributed by atoms with Crippen LogP contribution in [0.2, 0.25) is 10.0 Å². The van der Waals surface area contributed by atoms with Gasteiger partial charge in [-0.2, -0.15) is 0 Å². The van der Waals surface area contributed by atoms with Crippen LogP contribution in [0.15, 0.2) is 36.4 Å². The summed E-state index contributed by atoms with van der Waals surface area (Å²) in [6.07, 6.45) is 0.649. The third kappa shape index (κ3) is 3.07. The molecule has 5 nitrogen and oxygen atoms in total. The van der Waals surface area contributed by atoms with Gasteiger partial charge < -0.3 is 4.74 Å². The van der Waals surface area contributed by atoms with E-state index in [1.807, 2.05) is 0 Å². The van der Waals surface area contributed by atoms with Crippen molar-refractivity contribution in [1.82, 2.24) is 0 Å². The molecule has 7 heteroatoms. The van der Waals surface area contributed by atoms with Crippen molar-refractivity contribution in [2.75, 3.05) is 0 Å². The minimum atomic E-state index is -0.555. The summed E-state index contributed by atoms with van der Waals surface area (Å²) in [5, 5.41) is 11.1. The quantitative estimate of drug-likeness (QED) is 0.473. The highest BCUT2D eigenvalue weighted by Gasteiger charge is 2.13. The molecule has 2 aromatic rings. The largest absolute Gasteiger partial charge is 0.454 e. The first-order chi connectivity index (χ1) is 9.51. The van der Waals surface area contributed by atoms with Crippen LogP contribution in [-0.2, 0) is 0 Å². The van der Waals surface area contributed by atoms with Crippen LogP contribution in [0.25, 0.3) is 0 Å². The van der Waals surface area contributed by atoms with Gasteiger partial charge in [0.25, 0.3) is 5.69 Å². The second kappa shape index (κ2) is 5.90. The van der Waals surface area contributed by atoms with E-state index in [-0.39, 0.29) is 27.2 Å². The summed E-state index contributed by atoms with van der Waals surface area (Å²) >= 11 is 11.9. The Kier molecular flexibility index (Phi) is 4.22. The van der Waals surface area contributed by atoms with Crippen LogP contribution in [-0.4, -0.2) is 11.2 Å². The number of aldehydes is 1. The van der Waals surface area contributed by atoms with E-state index in [2.05, 4.69) is 0 Å². The third-order valence-electron chi connectivity index (χ3n) is 2.44. The van der Waals surface area contributed by atoms with Gasteiger partial charge >= 0.3 is 0 Å². The van der Waals surface area contributed by atoms with Crippen LogP contribution in [0.3, 0.4) is 0 Å². The minimum absolute atomic E-state index is 0.113. The summed E-state index contributed by atoms with van der Waals surface area (Å²) in [5.41, 5.74) is 0.248. The molecule has 2 rings (SSSR count). The van der Waals surface area contributed by atoms with Gasteiger partial charge in [0.1, 0.15) is 12.0 Å². The number of nitrogens with zero attached hydrogens (tertiary/aromatic N) is 1. The highest BCUT2D eigenvalue weighted by Crippen LogP contribution is 2.35. The molecule has 102 valence electrons. The van der Waals surface area contributed by atoms with Crippen LogP contribution in [0.5, 0.6) is 11.5 Å². The zero-order valence-corrected chi connectivity index (χ0v) is 11.4. The number of carbonyl (C=O) groups excluding carboxylic acids is 1. The molecular weight excluding hydrogens is 305 g/mol. The van der Waals surface area contributed by atoms with E-state index in [0.29, 0.717) is 11.8 Å². The smallest absolute Gasteiger partial charge is 0.273 e. The lowest BCUT2D eigenvalue weighted by Crippen LogP contribution is -1.91. The van der Waals surface area contributed by atoms with Gasteiger partial charge in [-0.3, -0.25) is 14.9 Å². The molecule has 20 heavy (non-hydrogen) atoms. The zero-order chi connectivity index (χ0) is 14.7. The number of nitro benzene ring substituents is 1. The Balaban J connectivity index is 2.36. The van der Waals surface area contributed by atoms with Gasteiger partial charge in [0.15, 0.2) is 5.75 Å². The fraction of sp³-hybridized carbons (Fsp3) is 0. The molecule has 2 aromatic carbocycles. The maximum atomic E-state index is 10.7. The highest BCUT2D eigenvalue weighted by atomic mass is 35.5. The van der Waals surface area contributed by atoms with Gasteiger partial charge in [0, 0.05) is 11.6 Å². The van der Waals surface area contributed by atoms with Gasteiger partial charge in [-0.25, -0.2) is 0 Å². The number of carbonyl (C=O) groups is 1. The number of halogens is 2. The molecule has 0 amide bonds. The summed E-state index contributed by atoms with van der Waals surface area (Å²) in [7, 11) is 0. The van der Waals surface area contributed by atoms with E-state index in [9.17, 15) is 14.9 Å². The minimum Gasteiger partial charge on any atom is -0.454 e. The van der Waals surface area contributed by atoms with Crippen LogP contribution >= 0.6 is 23.2 Å². The highest BCUT2D eigenvalue weighted by molar-refractivity contribution is 6.33. The molecule has 0 aliphatic rings. The molecule has 0 unspecified atom stereocenters. The summed E-state index contributed by atoms with van der Waals surface area (Å²) in [6.45, 7) is 0. The maximum Gasteiger partial charge on any atom is 0.273 e. The van der Waals surface area contributed by atoms with Crippen molar-refractivity contribution in [3.8, 4) is 11.5 Å². The Bertz CT molecular complexity index is 688. The number of nitro groups is 1. The standard InChI is InChI=1S/C13H7Cl2NO4/c14-10-3-2-9(16(18)19)6-13(10)20-12-4-1-8(7-17)5-11(12)15/h1-7H. The number of rotatable bonds is 4. The Labute approximate surface area is 123 Å². The number of ether oxygens (including phenoxy) is 1. The first-order valence-corrected chi connectivity index (χ1v) is 6.13. The van der Waals surface area contributed by atoms with E-state index in [4.69, 9.17) is 27.9 Å². The van der Waals surface area contributed by atoms with E-state index >= 15 is 0 Å². The first-order valence-electron chi connectivity index (χ1n) is 5.38. The topological polar surface area (TPSA) is 69.4 Å². The molecule has 0 saturated heterocycles. The molecule has 0 N–H and O–H groups in total. The Morgan fingerprint density at radius 2 is 1.80 bits per heavy atom. The molecule has 0 radical (unpaired) electrons. The van der Waals surface area contributed by atoms with Crippen molar-refractivity contribution in [3.63, 3.8) is 0 Å². The van der Waals surface area contributed by atoms with Crippen molar-refractivity contribution in [3.05, 3.63) is 62.1 Å². The lowest BCUT2D eigenvalue weighted by atomic mass is 10.2. The van der Waals surface area contributed by atoms with Crippen LogP contribution < -0.4 is 4.74 Å². The van der Waals surface area contributed by atoms with E-state index in [0.717, 1.165) is 0 Å². The van der Waals surface area contributed by atoms with E-state index < -0.39 is 4.92 Å². The summed E-state index contributed by atoms with van der Waals surface area (Å²) < 4.78 is 5.45. The Hall–Kier alpha value is -2.11. The average molecular weight is 312 g/mol. The molecule has 0 saturated carbocycles. The fourth-order valence-electron chi connectivity index (χ4n) is 1.48. The number of hydrogen-bond donors (Lipinski definition) is 0. The second-order valence-electron chi connectivity index (χ2n) is 3.78. The van der Waals surface area contributed by atoms with Crippen molar-refractivity contribution in [2.24, 2.45) is 0 Å². The van der Waals surface area contributed by atoms with Crippen LogP contribution in [0.4, 0.5) is 5.69 Å². The van der Waals surface area contributed by atoms with Gasteiger partial charge in [-0.15, -0.1) is 0 Å². The SMILES string of the molecule is O=Cc1ccc(Oc2cc([N+](=O)[O-])ccc2Cl)c(Cl)c1. The van der Waals surface area contributed by atoms with Gasteiger partial charge in [-0.1, -0.05) is 23.2 Å². The normalized spacial score (nSPS) is 10.1. The van der Waals surface area contributed by atoms with Crippen LogP contribution in [0.1, 0.15) is 10.4 Å². The summed E-state index contributed by atoms with van der Waals surface area (Å²) in [5.74, 6) is 0.362. The van der Waals surface area contributed by atoms with Gasteiger partial charge in [-0.05, 0) is 24.3 Å². The lowest BCUT2D eigenvalue weighted by molar-refractivity contribution is -0.384. The molecule has 0 aliphatic carbocycles. The molecule has 0 heterocycles. The van der Waals surface area contributed by atoms with Gasteiger partial charge in [0.2, 0.25) is 0 Å². The maximum absolute atomic E-state index is 10.7. The van der Waals surface area contributed by atoms with E-state index in [1.165, 1.54) is 36.4 Å². The predicted molar refractivity (Wildman–Crippen MR) is 75.0 cm³/mol. The predicted octanol–water partition coefficient (Wildman–Crippen LogP) is 4.51. The van der Waals surface area contributed by atoms with Crippen molar-refractivity contribution in [1.29, 1.82) is 0 Å². The summed E-state index contributed by atoms with van der Waals surface area (Å²) in [4.78, 5) is 20.8. The molecule has 0 atom stereocenters. The van der Waals surface area contributed by atoms with Crippen LogP contribution in [0, 0.1) is 10.1 Å². The molecule has 0 bridgehead atoms. The molecule has 0 spiro atoms. The average Bonchev–Trinajstić information content (AvgIpc) is 2.42. The fourth-order valence-corrected chi connectivity index (χ4v) is 1.86. The number of hydrogen-bond acceptors (Lipinski definition) is 4. The second-order valence-corrected chi connectivity index (χ2v) is 4.60. The first kappa shape index (κ1) is 14.3. The Morgan fingerprint density at radius 3 is 2.40 bits per heavy atom. The lowest BCUT2D eigenvalue weighted by Gasteiger charge is -2.09.